The maximum atomic E-state index is 6.58. The zero-order chi connectivity index (χ0) is 36.3. The Balaban J connectivity index is 0.969. The van der Waals surface area contributed by atoms with E-state index in [0.29, 0.717) is 0 Å². The van der Waals surface area contributed by atoms with Gasteiger partial charge in [-0.15, -0.1) is 0 Å². The fourth-order valence-corrected chi connectivity index (χ4v) is 8.25. The Morgan fingerprint density at radius 2 is 1.13 bits per heavy atom. The van der Waals surface area contributed by atoms with Crippen molar-refractivity contribution in [1.29, 1.82) is 0 Å². The standard InChI is InChI=1S/C51H34N2O2/c1-4-12-35(13-5-1)47-30-23-36-24-31-48-50(51(36)55-47)43-28-22-37(32-49(43)54-48)34-20-25-40(26-21-34)52(38-14-6-2-7-15-38)41-27-29-46-44(33-41)42-18-10-11-19-45(42)53(46)39-16-8-3-9-17-39/h1-22,24-33H,23H2. The molecule has 4 nitrogen and oxygen atoms in total. The van der Waals surface area contributed by atoms with Gasteiger partial charge in [0.1, 0.15) is 22.7 Å². The second kappa shape index (κ2) is 12.7. The van der Waals surface area contributed by atoms with E-state index in [1.54, 1.807) is 0 Å². The summed E-state index contributed by atoms with van der Waals surface area (Å²) in [5.41, 5.74) is 12.9. The molecule has 4 heteroatoms. The first-order chi connectivity index (χ1) is 27.3. The normalized spacial score (nSPS) is 12.5. The summed E-state index contributed by atoms with van der Waals surface area (Å²) in [4.78, 5) is 2.33. The molecule has 3 heterocycles. The lowest BCUT2D eigenvalue weighted by Crippen LogP contribution is -2.09. The fourth-order valence-electron chi connectivity index (χ4n) is 8.25. The van der Waals surface area contributed by atoms with Crippen LogP contribution in [0.25, 0.3) is 66.3 Å². The second-order valence-electron chi connectivity index (χ2n) is 14.1. The lowest BCUT2D eigenvalue weighted by Gasteiger charge is -2.26. The van der Waals surface area contributed by atoms with E-state index in [1.165, 1.54) is 27.4 Å². The van der Waals surface area contributed by atoms with Crippen molar-refractivity contribution in [2.75, 3.05) is 4.90 Å². The van der Waals surface area contributed by atoms with E-state index >= 15 is 0 Å². The summed E-state index contributed by atoms with van der Waals surface area (Å²) >= 11 is 0. The SMILES string of the molecule is C1=C(c2ccccc2)Oc2c(ccc3oc4cc(-c5ccc(N(c6ccccc6)c6ccc7c(c6)c6ccccc6n7-c6ccccc6)cc5)ccc4c23)C1. The Hall–Kier alpha value is -7.30. The molecule has 0 unspecified atom stereocenters. The Kier molecular flexibility index (Phi) is 7.20. The third-order valence-electron chi connectivity index (χ3n) is 10.9. The van der Waals surface area contributed by atoms with Gasteiger partial charge in [-0.1, -0.05) is 109 Å². The Labute approximate surface area is 318 Å². The average molecular weight is 707 g/mol. The minimum atomic E-state index is 0.817. The Morgan fingerprint density at radius 1 is 0.455 bits per heavy atom. The van der Waals surface area contributed by atoms with E-state index in [-0.39, 0.29) is 0 Å². The van der Waals surface area contributed by atoms with Crippen LogP contribution in [0, 0.1) is 0 Å². The molecule has 11 rings (SSSR count). The lowest BCUT2D eigenvalue weighted by molar-refractivity contribution is 0.504. The summed E-state index contributed by atoms with van der Waals surface area (Å²) in [6.07, 6.45) is 2.98. The van der Waals surface area contributed by atoms with E-state index in [2.05, 4.69) is 185 Å². The van der Waals surface area contributed by atoms with Crippen LogP contribution in [-0.2, 0) is 6.42 Å². The number of allylic oxidation sites excluding steroid dienone is 1. The highest BCUT2D eigenvalue weighted by Crippen LogP contribution is 2.44. The van der Waals surface area contributed by atoms with Gasteiger partial charge in [-0.25, -0.2) is 0 Å². The molecule has 0 saturated heterocycles. The van der Waals surface area contributed by atoms with Crippen LogP contribution < -0.4 is 9.64 Å². The van der Waals surface area contributed by atoms with Crippen molar-refractivity contribution in [1.82, 2.24) is 4.57 Å². The van der Waals surface area contributed by atoms with Gasteiger partial charge >= 0.3 is 0 Å². The van der Waals surface area contributed by atoms with E-state index in [4.69, 9.17) is 9.15 Å². The summed E-state index contributed by atoms with van der Waals surface area (Å²) in [7, 11) is 0. The fraction of sp³-hybridized carbons (Fsp3) is 0.0196. The van der Waals surface area contributed by atoms with Crippen molar-refractivity contribution < 1.29 is 9.15 Å². The van der Waals surface area contributed by atoms with Crippen LogP contribution in [0.15, 0.2) is 199 Å². The van der Waals surface area contributed by atoms with Gasteiger partial charge in [0.2, 0.25) is 0 Å². The maximum absolute atomic E-state index is 6.58. The van der Waals surface area contributed by atoms with Gasteiger partial charge in [-0.05, 0) is 108 Å². The predicted octanol–water partition coefficient (Wildman–Crippen LogP) is 13.8. The summed E-state index contributed by atoms with van der Waals surface area (Å²) in [5.74, 6) is 1.77. The van der Waals surface area contributed by atoms with Crippen LogP contribution in [0.1, 0.15) is 11.1 Å². The molecule has 0 radical (unpaired) electrons. The molecule has 2 aromatic heterocycles. The molecular formula is C51H34N2O2. The van der Waals surface area contributed by atoms with Gasteiger partial charge in [0.05, 0.1) is 16.4 Å². The number of fused-ring (bicyclic) bond motifs is 8. The van der Waals surface area contributed by atoms with Crippen molar-refractivity contribution >= 4 is 66.6 Å². The number of ether oxygens (including phenoxy) is 1. The number of benzene rings is 8. The summed E-state index contributed by atoms with van der Waals surface area (Å²) < 4.78 is 15.4. The van der Waals surface area contributed by atoms with Crippen LogP contribution in [-0.4, -0.2) is 4.57 Å². The smallest absolute Gasteiger partial charge is 0.142 e. The van der Waals surface area contributed by atoms with Crippen molar-refractivity contribution in [2.24, 2.45) is 0 Å². The molecule has 1 aliphatic heterocycles. The molecule has 0 amide bonds. The number of rotatable bonds is 6. The van der Waals surface area contributed by atoms with Crippen molar-refractivity contribution in [2.45, 2.75) is 6.42 Å². The van der Waals surface area contributed by atoms with Gasteiger partial charge in [0.15, 0.2) is 0 Å². The average Bonchev–Trinajstić information content (AvgIpc) is 3.80. The third-order valence-corrected chi connectivity index (χ3v) is 10.9. The first-order valence-electron chi connectivity index (χ1n) is 18.7. The number of para-hydroxylation sites is 3. The van der Waals surface area contributed by atoms with Gasteiger partial charge in [0.25, 0.3) is 0 Å². The topological polar surface area (TPSA) is 30.5 Å². The highest BCUT2D eigenvalue weighted by molar-refractivity contribution is 6.11. The summed E-state index contributed by atoms with van der Waals surface area (Å²) in [6.45, 7) is 0. The quantitative estimate of drug-likeness (QED) is 0.172. The zero-order valence-corrected chi connectivity index (χ0v) is 29.9. The summed E-state index contributed by atoms with van der Waals surface area (Å²) in [6, 6.07) is 66.5. The number of furan rings is 1. The number of hydrogen-bond acceptors (Lipinski definition) is 3. The summed E-state index contributed by atoms with van der Waals surface area (Å²) in [5, 5.41) is 4.53. The molecule has 1 aliphatic rings. The van der Waals surface area contributed by atoms with Crippen LogP contribution in [0.4, 0.5) is 17.1 Å². The molecule has 0 aliphatic carbocycles. The van der Waals surface area contributed by atoms with Crippen LogP contribution >= 0.6 is 0 Å². The van der Waals surface area contributed by atoms with Gasteiger partial charge in [-0.3, -0.25) is 0 Å². The molecule has 55 heavy (non-hydrogen) atoms. The van der Waals surface area contributed by atoms with Crippen LogP contribution in [0.3, 0.4) is 0 Å². The zero-order valence-electron chi connectivity index (χ0n) is 29.9. The monoisotopic (exact) mass is 706 g/mol. The van der Waals surface area contributed by atoms with Crippen LogP contribution in [0.2, 0.25) is 0 Å². The van der Waals surface area contributed by atoms with Gasteiger partial charge in [0, 0.05) is 44.5 Å². The number of hydrogen-bond donors (Lipinski definition) is 0. The molecule has 0 fully saturated rings. The molecule has 8 aromatic carbocycles. The van der Waals surface area contributed by atoms with E-state index in [0.717, 1.165) is 79.3 Å². The predicted molar refractivity (Wildman–Crippen MR) is 227 cm³/mol. The minimum Gasteiger partial charge on any atom is -0.456 e. The first kappa shape index (κ1) is 31.2. The highest BCUT2D eigenvalue weighted by atomic mass is 16.5. The van der Waals surface area contributed by atoms with Crippen molar-refractivity contribution in [3.63, 3.8) is 0 Å². The Morgan fingerprint density at radius 3 is 1.95 bits per heavy atom. The molecule has 0 bridgehead atoms. The molecular weight excluding hydrogens is 673 g/mol. The Bertz CT molecular complexity index is 3070. The first-order valence-corrected chi connectivity index (χ1v) is 18.7. The van der Waals surface area contributed by atoms with E-state index < -0.39 is 0 Å². The molecule has 10 aromatic rings. The van der Waals surface area contributed by atoms with E-state index in [9.17, 15) is 0 Å². The molecule has 260 valence electrons. The number of nitrogens with zero attached hydrogens (tertiary/aromatic N) is 2. The van der Waals surface area contributed by atoms with Gasteiger partial charge < -0.3 is 18.6 Å². The van der Waals surface area contributed by atoms with Crippen molar-refractivity contribution in [3.05, 3.63) is 205 Å². The lowest BCUT2D eigenvalue weighted by atomic mass is 9.99. The minimum absolute atomic E-state index is 0.817. The van der Waals surface area contributed by atoms with Crippen LogP contribution in [0.5, 0.6) is 5.75 Å². The largest absolute Gasteiger partial charge is 0.456 e. The van der Waals surface area contributed by atoms with Gasteiger partial charge in [-0.2, -0.15) is 0 Å². The third kappa shape index (κ3) is 5.22. The second-order valence-corrected chi connectivity index (χ2v) is 14.1. The molecule has 0 atom stereocenters. The number of anilines is 3. The highest BCUT2D eigenvalue weighted by Gasteiger charge is 2.22. The molecule has 0 N–H and O–H groups in total. The molecule has 0 spiro atoms. The van der Waals surface area contributed by atoms with E-state index in [1.807, 2.05) is 18.2 Å². The molecule has 0 saturated carbocycles. The van der Waals surface area contributed by atoms with Crippen molar-refractivity contribution in [3.8, 4) is 22.6 Å². The maximum Gasteiger partial charge on any atom is 0.142 e. The number of aromatic nitrogens is 1.